The van der Waals surface area contributed by atoms with Crippen molar-refractivity contribution >= 4 is 17.1 Å². The van der Waals surface area contributed by atoms with Crippen molar-refractivity contribution in [3.8, 4) is 0 Å². The van der Waals surface area contributed by atoms with Gasteiger partial charge in [0, 0.05) is 37.0 Å². The third-order valence-corrected chi connectivity index (χ3v) is 3.23. The van der Waals surface area contributed by atoms with Gasteiger partial charge in [0.2, 0.25) is 0 Å². The largest absolute Gasteiger partial charge is 0.393 e. The van der Waals surface area contributed by atoms with Gasteiger partial charge in [-0.1, -0.05) is 13.3 Å². The van der Waals surface area contributed by atoms with Crippen LogP contribution in [0.15, 0.2) is 12.1 Å². The molecule has 0 heterocycles. The molecule has 0 aliphatic carbocycles. The van der Waals surface area contributed by atoms with E-state index in [2.05, 4.69) is 5.32 Å². The maximum atomic E-state index is 11.1. The van der Waals surface area contributed by atoms with Gasteiger partial charge in [-0.3, -0.25) is 10.1 Å². The van der Waals surface area contributed by atoms with Gasteiger partial charge >= 0.3 is 0 Å². The molecule has 0 saturated carbocycles. The molecule has 1 atom stereocenters. The molecule has 1 aromatic carbocycles. The zero-order valence-electron chi connectivity index (χ0n) is 12.7. The van der Waals surface area contributed by atoms with Crippen molar-refractivity contribution in [3.05, 3.63) is 27.8 Å². The molecule has 1 rings (SSSR count). The van der Waals surface area contributed by atoms with Crippen LogP contribution >= 0.6 is 0 Å². The summed E-state index contributed by atoms with van der Waals surface area (Å²) in [6, 6.07) is 2.89. The Labute approximate surface area is 129 Å². The second-order valence-electron chi connectivity index (χ2n) is 4.83. The lowest BCUT2D eigenvalue weighted by molar-refractivity contribution is -0.384. The van der Waals surface area contributed by atoms with Crippen molar-refractivity contribution in [1.82, 2.24) is 0 Å². The number of nitrogen functional groups attached to an aromatic ring is 1. The minimum absolute atomic E-state index is 0.00238. The molecule has 0 spiro atoms. The standard InChI is InChI=1S/C14H24N4O4/c1-2-3-8-22-12(9-19)13-10(17-7-6-15)4-5-11(14(13)16)18(20)21/h4-5,12,17,19H,2-3,6-9,15-16H2,1H3. The third kappa shape index (κ3) is 4.55. The first-order chi connectivity index (χ1) is 10.6. The Morgan fingerprint density at radius 1 is 1.50 bits per heavy atom. The highest BCUT2D eigenvalue weighted by atomic mass is 16.6. The first-order valence-corrected chi connectivity index (χ1v) is 7.29. The maximum Gasteiger partial charge on any atom is 0.292 e. The van der Waals surface area contributed by atoms with E-state index in [1.165, 1.54) is 6.07 Å². The molecular formula is C14H24N4O4. The average Bonchev–Trinajstić information content (AvgIpc) is 2.50. The van der Waals surface area contributed by atoms with E-state index in [0.717, 1.165) is 12.8 Å². The van der Waals surface area contributed by atoms with Crippen molar-refractivity contribution in [1.29, 1.82) is 0 Å². The fourth-order valence-corrected chi connectivity index (χ4v) is 2.09. The molecule has 22 heavy (non-hydrogen) atoms. The lowest BCUT2D eigenvalue weighted by Gasteiger charge is -2.21. The minimum atomic E-state index is -0.716. The van der Waals surface area contributed by atoms with E-state index in [4.69, 9.17) is 16.2 Å². The minimum Gasteiger partial charge on any atom is -0.393 e. The Bertz CT molecular complexity index is 496. The topological polar surface area (TPSA) is 137 Å². The second-order valence-corrected chi connectivity index (χ2v) is 4.83. The molecule has 0 aliphatic rings. The van der Waals surface area contributed by atoms with E-state index >= 15 is 0 Å². The van der Waals surface area contributed by atoms with Gasteiger partial charge in [0.05, 0.1) is 11.5 Å². The summed E-state index contributed by atoms with van der Waals surface area (Å²) in [7, 11) is 0. The van der Waals surface area contributed by atoms with Crippen LogP contribution in [0.3, 0.4) is 0 Å². The van der Waals surface area contributed by atoms with E-state index in [1.54, 1.807) is 6.07 Å². The smallest absolute Gasteiger partial charge is 0.292 e. The van der Waals surface area contributed by atoms with Crippen LogP contribution in [0.2, 0.25) is 0 Å². The number of aliphatic hydroxyl groups is 1. The Hall–Kier alpha value is -1.90. The van der Waals surface area contributed by atoms with Gasteiger partial charge in [-0.2, -0.15) is 0 Å². The third-order valence-electron chi connectivity index (χ3n) is 3.23. The van der Waals surface area contributed by atoms with Crippen molar-refractivity contribution in [2.24, 2.45) is 5.73 Å². The van der Waals surface area contributed by atoms with Crippen LogP contribution in [0, 0.1) is 10.1 Å². The van der Waals surface area contributed by atoms with Crippen molar-refractivity contribution < 1.29 is 14.8 Å². The van der Waals surface area contributed by atoms with Crippen LogP contribution in [0.5, 0.6) is 0 Å². The molecule has 8 heteroatoms. The Balaban J connectivity index is 3.18. The zero-order chi connectivity index (χ0) is 16.5. The van der Waals surface area contributed by atoms with Crippen LogP contribution in [-0.4, -0.2) is 36.3 Å². The molecule has 0 fully saturated rings. The van der Waals surface area contributed by atoms with Gasteiger partial charge in [-0.05, 0) is 12.5 Å². The predicted octanol–water partition coefficient (Wildman–Crippen LogP) is 1.40. The van der Waals surface area contributed by atoms with Crippen LogP contribution in [-0.2, 0) is 4.74 Å². The monoisotopic (exact) mass is 312 g/mol. The molecule has 0 aromatic heterocycles. The molecule has 0 radical (unpaired) electrons. The van der Waals surface area contributed by atoms with Crippen molar-refractivity contribution in [3.63, 3.8) is 0 Å². The molecule has 0 amide bonds. The lowest BCUT2D eigenvalue weighted by Crippen LogP contribution is -2.19. The molecule has 1 aromatic rings. The summed E-state index contributed by atoms with van der Waals surface area (Å²) in [5, 5.41) is 23.7. The summed E-state index contributed by atoms with van der Waals surface area (Å²) in [6.45, 7) is 3.04. The van der Waals surface area contributed by atoms with Crippen molar-refractivity contribution in [2.75, 3.05) is 37.4 Å². The van der Waals surface area contributed by atoms with Crippen LogP contribution in [0.25, 0.3) is 0 Å². The summed E-state index contributed by atoms with van der Waals surface area (Å²) < 4.78 is 5.63. The van der Waals surface area contributed by atoms with Crippen LogP contribution in [0.4, 0.5) is 17.1 Å². The maximum absolute atomic E-state index is 11.1. The first-order valence-electron chi connectivity index (χ1n) is 7.29. The van der Waals surface area contributed by atoms with Crippen LogP contribution in [0.1, 0.15) is 31.4 Å². The molecule has 6 N–H and O–H groups in total. The number of nitro benzene ring substituents is 1. The predicted molar refractivity (Wildman–Crippen MR) is 85.7 cm³/mol. The zero-order valence-corrected chi connectivity index (χ0v) is 12.7. The van der Waals surface area contributed by atoms with Gasteiger partial charge in [0.15, 0.2) is 0 Å². The SMILES string of the molecule is CCCCOC(CO)c1c(NCCN)ccc([N+](=O)[O-])c1N. The van der Waals surface area contributed by atoms with E-state index in [-0.39, 0.29) is 18.0 Å². The van der Waals surface area contributed by atoms with Gasteiger partial charge in [-0.15, -0.1) is 0 Å². The molecule has 8 nitrogen and oxygen atoms in total. The number of hydrogen-bond donors (Lipinski definition) is 4. The van der Waals surface area contributed by atoms with Gasteiger partial charge in [-0.25, -0.2) is 0 Å². The summed E-state index contributed by atoms with van der Waals surface area (Å²) in [4.78, 5) is 10.5. The lowest BCUT2D eigenvalue weighted by atomic mass is 10.0. The number of unbranched alkanes of at least 4 members (excludes halogenated alkanes) is 1. The number of nitro groups is 1. The Morgan fingerprint density at radius 2 is 2.23 bits per heavy atom. The quantitative estimate of drug-likeness (QED) is 0.222. The Morgan fingerprint density at radius 3 is 2.77 bits per heavy atom. The highest BCUT2D eigenvalue weighted by molar-refractivity contribution is 5.73. The van der Waals surface area contributed by atoms with Gasteiger partial charge < -0.3 is 26.6 Å². The Kier molecular flexibility index (Phi) is 7.58. The second kappa shape index (κ2) is 9.19. The number of benzene rings is 1. The summed E-state index contributed by atoms with van der Waals surface area (Å²) in [5.74, 6) is 0. The number of anilines is 2. The number of hydrogen-bond acceptors (Lipinski definition) is 7. The fraction of sp³-hybridized carbons (Fsp3) is 0.571. The normalized spacial score (nSPS) is 12.1. The van der Waals surface area contributed by atoms with E-state index in [9.17, 15) is 15.2 Å². The highest BCUT2D eigenvalue weighted by Gasteiger charge is 2.25. The molecule has 0 aliphatic heterocycles. The van der Waals surface area contributed by atoms with Crippen molar-refractivity contribution in [2.45, 2.75) is 25.9 Å². The number of nitrogens with two attached hydrogens (primary N) is 2. The van der Waals surface area contributed by atoms with E-state index < -0.39 is 11.0 Å². The van der Waals surface area contributed by atoms with Gasteiger partial charge in [0.1, 0.15) is 11.8 Å². The number of aliphatic hydroxyl groups excluding tert-OH is 1. The summed E-state index contributed by atoms with van der Waals surface area (Å²) in [6.07, 6.45) is 1.06. The summed E-state index contributed by atoms with van der Waals surface area (Å²) >= 11 is 0. The van der Waals surface area contributed by atoms with Gasteiger partial charge in [0.25, 0.3) is 5.69 Å². The number of nitrogens with zero attached hydrogens (tertiary/aromatic N) is 1. The molecule has 0 saturated heterocycles. The fourth-order valence-electron chi connectivity index (χ4n) is 2.09. The molecule has 0 bridgehead atoms. The van der Waals surface area contributed by atoms with E-state index in [1.807, 2.05) is 6.92 Å². The number of ether oxygens (including phenoxy) is 1. The highest BCUT2D eigenvalue weighted by Crippen LogP contribution is 2.37. The molecular weight excluding hydrogens is 288 g/mol. The number of nitrogens with one attached hydrogen (secondary N) is 1. The number of rotatable bonds is 10. The first kappa shape index (κ1) is 18.1. The molecule has 124 valence electrons. The van der Waals surface area contributed by atoms with Crippen LogP contribution < -0.4 is 16.8 Å². The average molecular weight is 312 g/mol. The van der Waals surface area contributed by atoms with E-state index in [0.29, 0.717) is 30.9 Å². The molecule has 1 unspecified atom stereocenters. The summed E-state index contributed by atoms with van der Waals surface area (Å²) in [5.41, 5.74) is 12.2.